The average molecular weight is 299 g/mol. The number of ether oxygens (including phenoxy) is 3. The van der Waals surface area contributed by atoms with Crippen molar-refractivity contribution < 1.29 is 24.4 Å². The van der Waals surface area contributed by atoms with Gasteiger partial charge in [-0.25, -0.2) is 0 Å². The van der Waals surface area contributed by atoms with E-state index in [1.165, 1.54) is 0 Å². The molecule has 1 aromatic carbocycles. The van der Waals surface area contributed by atoms with Gasteiger partial charge in [-0.2, -0.15) is 0 Å². The fourth-order valence-corrected chi connectivity index (χ4v) is 1.76. The zero-order valence-corrected chi connectivity index (χ0v) is 12.6. The molecule has 0 aliphatic rings. The molecule has 6 nitrogen and oxygen atoms in total. The average Bonchev–Trinajstić information content (AvgIpc) is 2.50. The van der Waals surface area contributed by atoms with E-state index in [2.05, 4.69) is 5.32 Å². The van der Waals surface area contributed by atoms with Gasteiger partial charge >= 0.3 is 0 Å². The third-order valence-electron chi connectivity index (χ3n) is 2.88. The lowest BCUT2D eigenvalue weighted by Gasteiger charge is -2.14. The molecular formula is C15H25NO5. The minimum Gasteiger partial charge on any atom is -0.497 e. The van der Waals surface area contributed by atoms with Gasteiger partial charge in [-0.15, -0.1) is 0 Å². The molecule has 1 aromatic rings. The number of rotatable bonds is 11. The van der Waals surface area contributed by atoms with Gasteiger partial charge < -0.3 is 29.7 Å². The lowest BCUT2D eigenvalue weighted by molar-refractivity contribution is 0.0577. The fraction of sp³-hybridized carbons (Fsp3) is 0.600. The first-order valence-electron chi connectivity index (χ1n) is 6.98. The van der Waals surface area contributed by atoms with E-state index >= 15 is 0 Å². The van der Waals surface area contributed by atoms with Crippen LogP contribution in [0.2, 0.25) is 0 Å². The molecule has 0 radical (unpaired) electrons. The Labute approximate surface area is 125 Å². The van der Waals surface area contributed by atoms with Crippen LogP contribution in [0.1, 0.15) is 6.42 Å². The van der Waals surface area contributed by atoms with Gasteiger partial charge in [0.2, 0.25) is 0 Å². The Balaban J connectivity index is 2.14. The molecule has 21 heavy (non-hydrogen) atoms. The van der Waals surface area contributed by atoms with E-state index in [1.54, 1.807) is 20.3 Å². The molecule has 0 amide bonds. The molecule has 1 rings (SSSR count). The SMILES string of the molecule is COCC(O)CCNCC(O)COc1cccc(OC)c1. The van der Waals surface area contributed by atoms with E-state index in [0.29, 0.717) is 37.6 Å². The van der Waals surface area contributed by atoms with Crippen molar-refractivity contribution in [1.29, 1.82) is 0 Å². The fourth-order valence-electron chi connectivity index (χ4n) is 1.76. The maximum absolute atomic E-state index is 9.80. The molecule has 120 valence electrons. The summed E-state index contributed by atoms with van der Waals surface area (Å²) in [4.78, 5) is 0. The van der Waals surface area contributed by atoms with E-state index in [9.17, 15) is 10.2 Å². The number of hydrogen-bond acceptors (Lipinski definition) is 6. The van der Waals surface area contributed by atoms with Crippen molar-refractivity contribution in [2.24, 2.45) is 0 Å². The number of aliphatic hydroxyl groups is 2. The van der Waals surface area contributed by atoms with Gasteiger partial charge in [-0.3, -0.25) is 0 Å². The molecule has 0 saturated carbocycles. The predicted molar refractivity (Wildman–Crippen MR) is 79.9 cm³/mol. The van der Waals surface area contributed by atoms with Crippen molar-refractivity contribution in [3.63, 3.8) is 0 Å². The van der Waals surface area contributed by atoms with Crippen LogP contribution >= 0.6 is 0 Å². The Morgan fingerprint density at radius 1 is 1.10 bits per heavy atom. The Morgan fingerprint density at radius 3 is 2.57 bits per heavy atom. The van der Waals surface area contributed by atoms with Crippen molar-refractivity contribution in [2.75, 3.05) is 40.5 Å². The van der Waals surface area contributed by atoms with E-state index < -0.39 is 12.2 Å². The van der Waals surface area contributed by atoms with Gasteiger partial charge in [-0.1, -0.05) is 6.07 Å². The molecule has 0 heterocycles. The number of methoxy groups -OCH3 is 2. The monoisotopic (exact) mass is 299 g/mol. The first-order chi connectivity index (χ1) is 10.2. The van der Waals surface area contributed by atoms with Crippen LogP contribution < -0.4 is 14.8 Å². The molecule has 0 aromatic heterocycles. The van der Waals surface area contributed by atoms with Crippen LogP contribution in [0, 0.1) is 0 Å². The molecule has 0 bridgehead atoms. The third-order valence-corrected chi connectivity index (χ3v) is 2.88. The molecule has 0 aliphatic heterocycles. The van der Waals surface area contributed by atoms with Crippen LogP contribution in [0.5, 0.6) is 11.5 Å². The number of hydrogen-bond donors (Lipinski definition) is 3. The Hall–Kier alpha value is -1.34. The van der Waals surface area contributed by atoms with Crippen molar-refractivity contribution in [2.45, 2.75) is 18.6 Å². The van der Waals surface area contributed by atoms with Crippen LogP contribution in [0.4, 0.5) is 0 Å². The lowest BCUT2D eigenvalue weighted by Crippen LogP contribution is -2.33. The first kappa shape index (κ1) is 17.7. The Bertz CT molecular complexity index is 388. The van der Waals surface area contributed by atoms with Gasteiger partial charge in [0, 0.05) is 19.7 Å². The topological polar surface area (TPSA) is 80.2 Å². The summed E-state index contributed by atoms with van der Waals surface area (Å²) in [5.74, 6) is 1.37. The minimum absolute atomic E-state index is 0.195. The van der Waals surface area contributed by atoms with Crippen LogP contribution in [-0.2, 0) is 4.74 Å². The second kappa shape index (κ2) is 10.4. The van der Waals surface area contributed by atoms with Crippen molar-refractivity contribution in [1.82, 2.24) is 5.32 Å². The number of benzene rings is 1. The normalized spacial score (nSPS) is 13.7. The summed E-state index contributed by atoms with van der Waals surface area (Å²) in [5.41, 5.74) is 0. The second-order valence-electron chi connectivity index (χ2n) is 4.75. The van der Waals surface area contributed by atoms with Crippen LogP contribution in [0.3, 0.4) is 0 Å². The molecule has 0 aliphatic carbocycles. The minimum atomic E-state index is -0.615. The van der Waals surface area contributed by atoms with E-state index in [1.807, 2.05) is 18.2 Å². The van der Waals surface area contributed by atoms with Crippen molar-refractivity contribution in [3.05, 3.63) is 24.3 Å². The quantitative estimate of drug-likeness (QED) is 0.514. The van der Waals surface area contributed by atoms with Crippen LogP contribution in [0.25, 0.3) is 0 Å². The smallest absolute Gasteiger partial charge is 0.123 e. The van der Waals surface area contributed by atoms with Crippen LogP contribution in [0.15, 0.2) is 24.3 Å². The molecule has 0 fully saturated rings. The molecule has 0 saturated heterocycles. The summed E-state index contributed by atoms with van der Waals surface area (Å²) in [6.45, 7) is 1.54. The first-order valence-corrected chi connectivity index (χ1v) is 6.98. The second-order valence-corrected chi connectivity index (χ2v) is 4.75. The summed E-state index contributed by atoms with van der Waals surface area (Å²) in [7, 11) is 3.15. The van der Waals surface area contributed by atoms with E-state index in [-0.39, 0.29) is 6.61 Å². The van der Waals surface area contributed by atoms with Gasteiger partial charge in [0.05, 0.1) is 19.8 Å². The maximum Gasteiger partial charge on any atom is 0.123 e. The standard InChI is InChI=1S/C15H25NO5/c1-19-10-12(17)6-7-16-9-13(18)11-21-15-5-3-4-14(8-15)20-2/h3-5,8,12-13,16-18H,6-7,9-11H2,1-2H3. The Morgan fingerprint density at radius 2 is 1.86 bits per heavy atom. The molecule has 0 spiro atoms. The van der Waals surface area contributed by atoms with Gasteiger partial charge in [0.1, 0.15) is 24.2 Å². The summed E-state index contributed by atoms with van der Waals surface area (Å²) >= 11 is 0. The van der Waals surface area contributed by atoms with Crippen molar-refractivity contribution in [3.8, 4) is 11.5 Å². The summed E-state index contributed by atoms with van der Waals surface area (Å²) in [5, 5.41) is 22.3. The lowest BCUT2D eigenvalue weighted by atomic mass is 10.2. The molecule has 6 heteroatoms. The van der Waals surface area contributed by atoms with E-state index in [4.69, 9.17) is 14.2 Å². The Kier molecular flexibility index (Phi) is 8.77. The van der Waals surface area contributed by atoms with Gasteiger partial charge in [-0.05, 0) is 25.1 Å². The highest BCUT2D eigenvalue weighted by atomic mass is 16.5. The van der Waals surface area contributed by atoms with E-state index in [0.717, 1.165) is 0 Å². The maximum atomic E-state index is 9.80. The predicted octanol–water partition coefficient (Wildman–Crippen LogP) is 0.422. The molecule has 2 unspecified atom stereocenters. The molecule has 3 N–H and O–H groups in total. The highest BCUT2D eigenvalue weighted by Crippen LogP contribution is 2.18. The number of nitrogens with one attached hydrogen (secondary N) is 1. The zero-order valence-electron chi connectivity index (χ0n) is 12.6. The highest BCUT2D eigenvalue weighted by molar-refractivity contribution is 5.32. The summed E-state index contributed by atoms with van der Waals surface area (Å²) < 4.78 is 15.4. The highest BCUT2D eigenvalue weighted by Gasteiger charge is 2.07. The molecular weight excluding hydrogens is 274 g/mol. The van der Waals surface area contributed by atoms with Crippen molar-refractivity contribution >= 4 is 0 Å². The molecule has 2 atom stereocenters. The number of aliphatic hydroxyl groups excluding tert-OH is 2. The largest absolute Gasteiger partial charge is 0.497 e. The summed E-state index contributed by atoms with van der Waals surface area (Å²) in [6.07, 6.45) is -0.513. The third kappa shape index (κ3) is 7.87. The summed E-state index contributed by atoms with van der Waals surface area (Å²) in [6, 6.07) is 7.23. The van der Waals surface area contributed by atoms with Crippen LogP contribution in [-0.4, -0.2) is 62.9 Å². The van der Waals surface area contributed by atoms with Gasteiger partial charge in [0.15, 0.2) is 0 Å². The zero-order chi connectivity index (χ0) is 15.5. The van der Waals surface area contributed by atoms with Gasteiger partial charge in [0.25, 0.3) is 0 Å².